The van der Waals surface area contributed by atoms with E-state index in [0.717, 1.165) is 0 Å². The Morgan fingerprint density at radius 2 is 1.41 bits per heavy atom. The molecule has 120 valence electrons. The molecular weight excluding hydrogens is 309 g/mol. The molecule has 1 aromatic carbocycles. The van der Waals surface area contributed by atoms with Gasteiger partial charge in [0.25, 0.3) is 0 Å². The second kappa shape index (κ2) is 5.66. The Morgan fingerprint density at radius 1 is 0.955 bits per heavy atom. The van der Waals surface area contributed by atoms with Crippen LogP contribution in [0, 0.1) is 40.9 Å². The highest BCUT2D eigenvalue weighted by molar-refractivity contribution is 6.21. The molecule has 1 fully saturated rings. The molecule has 0 radical (unpaired) electrons. The second-order valence-corrected chi connectivity index (χ2v) is 5.52. The first-order chi connectivity index (χ1) is 10.2. The van der Waals surface area contributed by atoms with Gasteiger partial charge in [0.2, 0.25) is 17.6 Å². The number of hydrogen-bond acceptors (Lipinski definition) is 2. The van der Waals surface area contributed by atoms with Crippen molar-refractivity contribution in [3.63, 3.8) is 0 Å². The molecule has 2 amide bonds. The number of carbonyl (C=O) groups excluding carboxylic acids is 2. The number of rotatable bonds is 3. The van der Waals surface area contributed by atoms with Gasteiger partial charge in [-0.2, -0.15) is 0 Å². The van der Waals surface area contributed by atoms with Crippen LogP contribution in [0.4, 0.5) is 27.6 Å². The fourth-order valence-corrected chi connectivity index (χ4v) is 2.47. The molecule has 1 heterocycles. The van der Waals surface area contributed by atoms with Gasteiger partial charge in [0.15, 0.2) is 23.3 Å². The third-order valence-electron chi connectivity index (χ3n) is 3.41. The minimum Gasteiger partial charge on any atom is -0.274 e. The number of benzene rings is 1. The number of halogens is 5. The average molecular weight is 321 g/mol. The molecule has 0 bridgehead atoms. The lowest BCUT2D eigenvalue weighted by Gasteiger charge is -2.18. The van der Waals surface area contributed by atoms with Crippen molar-refractivity contribution in [3.8, 4) is 0 Å². The zero-order chi connectivity index (χ0) is 16.8. The summed E-state index contributed by atoms with van der Waals surface area (Å²) in [5, 5.41) is 0. The van der Waals surface area contributed by atoms with Crippen LogP contribution >= 0.6 is 0 Å². The zero-order valence-electron chi connectivity index (χ0n) is 11.7. The first-order valence-electron chi connectivity index (χ1n) is 6.55. The Balaban J connectivity index is 2.53. The number of amides is 2. The second-order valence-electron chi connectivity index (χ2n) is 5.52. The first kappa shape index (κ1) is 16.4. The lowest BCUT2D eigenvalue weighted by Crippen LogP contribution is -2.33. The van der Waals surface area contributed by atoms with E-state index in [4.69, 9.17) is 0 Å². The van der Waals surface area contributed by atoms with Crippen LogP contribution in [0.25, 0.3) is 0 Å². The van der Waals surface area contributed by atoms with Crippen LogP contribution in [0.5, 0.6) is 0 Å². The molecule has 2 rings (SSSR count). The van der Waals surface area contributed by atoms with E-state index in [1.165, 1.54) is 0 Å². The normalized spacial score (nSPS) is 18.7. The maximum atomic E-state index is 13.7. The van der Waals surface area contributed by atoms with E-state index in [1.807, 2.05) is 0 Å². The summed E-state index contributed by atoms with van der Waals surface area (Å²) < 4.78 is 66.9. The van der Waals surface area contributed by atoms with Crippen molar-refractivity contribution >= 4 is 17.5 Å². The van der Waals surface area contributed by atoms with Gasteiger partial charge in [0.05, 0.1) is 0 Å². The Hall–Kier alpha value is -1.99. The first-order valence-corrected chi connectivity index (χ1v) is 6.55. The lowest BCUT2D eigenvalue weighted by molar-refractivity contribution is -0.122. The summed E-state index contributed by atoms with van der Waals surface area (Å²) in [6, 6.07) is 0. The zero-order valence-corrected chi connectivity index (χ0v) is 11.7. The highest BCUT2D eigenvalue weighted by Crippen LogP contribution is 2.36. The van der Waals surface area contributed by atoms with Gasteiger partial charge < -0.3 is 0 Å². The van der Waals surface area contributed by atoms with Gasteiger partial charge in [-0.05, 0) is 12.3 Å². The van der Waals surface area contributed by atoms with Crippen molar-refractivity contribution in [2.75, 3.05) is 4.90 Å². The van der Waals surface area contributed by atoms with Gasteiger partial charge in [0, 0.05) is 12.3 Å². The quantitative estimate of drug-likeness (QED) is 0.371. The predicted molar refractivity (Wildman–Crippen MR) is 66.3 cm³/mol. The largest absolute Gasteiger partial charge is 0.274 e. The van der Waals surface area contributed by atoms with E-state index < -0.39 is 52.5 Å². The molecule has 1 aliphatic rings. The molecule has 1 aliphatic heterocycles. The molecule has 8 heteroatoms. The van der Waals surface area contributed by atoms with Crippen molar-refractivity contribution in [2.45, 2.75) is 26.7 Å². The number of anilines is 1. The van der Waals surface area contributed by atoms with Crippen LogP contribution < -0.4 is 4.90 Å². The summed E-state index contributed by atoms with van der Waals surface area (Å²) in [7, 11) is 0. The van der Waals surface area contributed by atoms with Gasteiger partial charge >= 0.3 is 0 Å². The van der Waals surface area contributed by atoms with Crippen molar-refractivity contribution in [1.82, 2.24) is 0 Å². The van der Waals surface area contributed by atoms with Gasteiger partial charge in [0.1, 0.15) is 5.69 Å². The van der Waals surface area contributed by atoms with Crippen LogP contribution in [-0.4, -0.2) is 11.8 Å². The number of imide groups is 1. The molecule has 0 saturated carbocycles. The fourth-order valence-electron chi connectivity index (χ4n) is 2.47. The van der Waals surface area contributed by atoms with Crippen LogP contribution in [0.3, 0.4) is 0 Å². The molecule has 3 nitrogen and oxygen atoms in total. The summed E-state index contributed by atoms with van der Waals surface area (Å²) in [4.78, 5) is 24.0. The van der Waals surface area contributed by atoms with Crippen molar-refractivity contribution in [2.24, 2.45) is 11.8 Å². The van der Waals surface area contributed by atoms with Crippen LogP contribution in [0.1, 0.15) is 26.7 Å². The predicted octanol–water partition coefficient (Wildman–Crippen LogP) is 3.31. The molecule has 22 heavy (non-hydrogen) atoms. The third kappa shape index (κ3) is 2.46. The molecule has 0 spiro atoms. The molecule has 0 aliphatic carbocycles. The summed E-state index contributed by atoms with van der Waals surface area (Å²) in [6.07, 6.45) is -0.0486. The Kier molecular flexibility index (Phi) is 4.21. The number of carbonyl (C=O) groups is 2. The summed E-state index contributed by atoms with van der Waals surface area (Å²) in [6.45, 7) is 3.55. The highest BCUT2D eigenvalue weighted by Gasteiger charge is 2.43. The number of nitrogens with zero attached hydrogens (tertiary/aromatic N) is 1. The smallest absolute Gasteiger partial charge is 0.237 e. The molecule has 1 unspecified atom stereocenters. The van der Waals surface area contributed by atoms with Crippen LogP contribution in [-0.2, 0) is 9.59 Å². The standard InChI is InChI=1S/C14H12F5NO2/c1-5(2)3-6-4-7(21)20(14(6)22)13-11(18)9(16)8(15)10(17)12(13)19/h5-6H,3-4H2,1-2H3. The van der Waals surface area contributed by atoms with Crippen molar-refractivity contribution in [3.05, 3.63) is 29.1 Å². The maximum Gasteiger partial charge on any atom is 0.237 e. The Bertz CT molecular complexity index is 630. The fraction of sp³-hybridized carbons (Fsp3) is 0.429. The van der Waals surface area contributed by atoms with E-state index in [2.05, 4.69) is 0 Å². The molecular formula is C14H12F5NO2. The van der Waals surface area contributed by atoms with E-state index in [9.17, 15) is 31.5 Å². The molecule has 0 N–H and O–H groups in total. The van der Waals surface area contributed by atoms with E-state index in [-0.39, 0.29) is 23.7 Å². The van der Waals surface area contributed by atoms with Gasteiger partial charge in [-0.25, -0.2) is 26.9 Å². The summed E-state index contributed by atoms with van der Waals surface area (Å²) in [5.41, 5.74) is -1.50. The average Bonchev–Trinajstić information content (AvgIpc) is 2.70. The van der Waals surface area contributed by atoms with Crippen LogP contribution in [0.2, 0.25) is 0 Å². The van der Waals surface area contributed by atoms with Gasteiger partial charge in [-0.3, -0.25) is 9.59 Å². The topological polar surface area (TPSA) is 37.4 Å². The third-order valence-corrected chi connectivity index (χ3v) is 3.41. The Morgan fingerprint density at radius 3 is 1.86 bits per heavy atom. The Labute approximate surface area is 122 Å². The highest BCUT2D eigenvalue weighted by atomic mass is 19.2. The number of hydrogen-bond donors (Lipinski definition) is 0. The molecule has 1 aromatic rings. The maximum absolute atomic E-state index is 13.7. The molecule has 1 atom stereocenters. The van der Waals surface area contributed by atoms with E-state index in [0.29, 0.717) is 0 Å². The van der Waals surface area contributed by atoms with E-state index in [1.54, 1.807) is 13.8 Å². The van der Waals surface area contributed by atoms with Crippen LogP contribution in [0.15, 0.2) is 0 Å². The van der Waals surface area contributed by atoms with Crippen molar-refractivity contribution < 1.29 is 31.5 Å². The van der Waals surface area contributed by atoms with E-state index >= 15 is 0 Å². The minimum absolute atomic E-state index is 0.0260. The van der Waals surface area contributed by atoms with Gasteiger partial charge in [-0.1, -0.05) is 13.8 Å². The molecule has 0 aromatic heterocycles. The summed E-state index contributed by atoms with van der Waals surface area (Å²) in [5.74, 6) is -13.9. The minimum atomic E-state index is -2.34. The summed E-state index contributed by atoms with van der Waals surface area (Å²) >= 11 is 0. The monoisotopic (exact) mass is 321 g/mol. The van der Waals surface area contributed by atoms with Crippen molar-refractivity contribution in [1.29, 1.82) is 0 Å². The SMILES string of the molecule is CC(C)CC1CC(=O)N(c2c(F)c(F)c(F)c(F)c2F)C1=O. The van der Waals surface area contributed by atoms with Gasteiger partial charge in [-0.15, -0.1) is 0 Å². The molecule has 1 saturated heterocycles. The lowest BCUT2D eigenvalue weighted by atomic mass is 9.96.